The molecule has 0 unspecified atom stereocenters. The van der Waals surface area contributed by atoms with Crippen molar-refractivity contribution in [2.24, 2.45) is 0 Å². The Hall–Kier alpha value is -1.98. The minimum atomic E-state index is -4.54. The summed E-state index contributed by atoms with van der Waals surface area (Å²) in [5, 5.41) is 10.2. The molecule has 0 saturated carbocycles. The Labute approximate surface area is 89.2 Å². The molecule has 0 bridgehead atoms. The van der Waals surface area contributed by atoms with Crippen LogP contribution in [0.2, 0.25) is 0 Å². The Balaban J connectivity index is 3.21. The normalized spacial score (nSPS) is 10.9. The predicted octanol–water partition coefficient (Wildman–Crippen LogP) is 3.44. The molecule has 1 amide bonds. The Morgan fingerprint density at radius 2 is 2.06 bits per heavy atom. The van der Waals surface area contributed by atoms with Gasteiger partial charge in [0.25, 0.3) is 0 Å². The van der Waals surface area contributed by atoms with E-state index in [0.29, 0.717) is 0 Å². The number of rotatable bonds is 2. The first-order chi connectivity index (χ1) is 7.34. The van der Waals surface area contributed by atoms with E-state index < -0.39 is 17.8 Å². The van der Waals surface area contributed by atoms with Crippen molar-refractivity contribution < 1.29 is 23.1 Å². The minimum absolute atomic E-state index is 0.0940. The maximum atomic E-state index is 12.5. The van der Waals surface area contributed by atoms with Crippen LogP contribution in [0.4, 0.5) is 23.7 Å². The van der Waals surface area contributed by atoms with Crippen molar-refractivity contribution in [1.29, 1.82) is 0 Å². The summed E-state index contributed by atoms with van der Waals surface area (Å²) in [6, 6.07) is 3.12. The van der Waals surface area contributed by atoms with Gasteiger partial charge in [-0.15, -0.1) is 0 Å². The zero-order chi connectivity index (χ0) is 12.3. The number of amides is 1. The first-order valence-corrected chi connectivity index (χ1v) is 4.18. The van der Waals surface area contributed by atoms with Crippen LogP contribution in [0.5, 0.6) is 0 Å². The van der Waals surface area contributed by atoms with E-state index >= 15 is 0 Å². The molecule has 16 heavy (non-hydrogen) atoms. The van der Waals surface area contributed by atoms with Crippen LogP contribution in [-0.4, -0.2) is 11.2 Å². The molecule has 1 aromatic carbocycles. The maximum Gasteiger partial charge on any atom is 0.417 e. The zero-order valence-corrected chi connectivity index (χ0v) is 8.01. The van der Waals surface area contributed by atoms with E-state index in [1.54, 1.807) is 0 Å². The van der Waals surface area contributed by atoms with E-state index in [1.807, 2.05) is 5.32 Å². The van der Waals surface area contributed by atoms with Crippen molar-refractivity contribution in [1.82, 2.24) is 0 Å². The zero-order valence-electron chi connectivity index (χ0n) is 8.01. The van der Waals surface area contributed by atoms with E-state index in [0.717, 1.165) is 18.2 Å². The second-order valence-electron chi connectivity index (χ2n) is 2.93. The summed E-state index contributed by atoms with van der Waals surface area (Å²) in [6.45, 7) is 3.26. The molecule has 6 heteroatoms. The summed E-state index contributed by atoms with van der Waals surface area (Å²) >= 11 is 0. The number of carboxylic acid groups (broad SMARTS) is 1. The molecule has 0 heterocycles. The summed E-state index contributed by atoms with van der Waals surface area (Å²) < 4.78 is 37.6. The van der Waals surface area contributed by atoms with Gasteiger partial charge in [0.15, 0.2) is 0 Å². The molecule has 86 valence electrons. The third-order valence-corrected chi connectivity index (χ3v) is 1.83. The minimum Gasteiger partial charge on any atom is -0.465 e. The lowest BCUT2D eigenvalue weighted by atomic mass is 10.1. The first kappa shape index (κ1) is 12.1. The van der Waals surface area contributed by atoms with Crippen LogP contribution < -0.4 is 5.32 Å². The number of anilines is 1. The topological polar surface area (TPSA) is 49.3 Å². The molecule has 2 N–H and O–H groups in total. The molecule has 0 fully saturated rings. The average Bonchev–Trinajstić information content (AvgIpc) is 2.15. The second kappa shape index (κ2) is 4.26. The fraction of sp³-hybridized carbons (Fsp3) is 0.100. The molecule has 0 aliphatic carbocycles. The van der Waals surface area contributed by atoms with Crippen molar-refractivity contribution in [3.63, 3.8) is 0 Å². The van der Waals surface area contributed by atoms with Crippen molar-refractivity contribution in [2.75, 3.05) is 5.32 Å². The van der Waals surface area contributed by atoms with Gasteiger partial charge < -0.3 is 5.11 Å². The number of halogens is 3. The van der Waals surface area contributed by atoms with Gasteiger partial charge in [-0.1, -0.05) is 18.7 Å². The first-order valence-electron chi connectivity index (χ1n) is 4.18. The van der Waals surface area contributed by atoms with Crippen molar-refractivity contribution >= 4 is 17.9 Å². The van der Waals surface area contributed by atoms with Crippen LogP contribution in [0.3, 0.4) is 0 Å². The molecule has 0 atom stereocenters. The molecule has 0 radical (unpaired) electrons. The Morgan fingerprint density at radius 1 is 1.44 bits per heavy atom. The summed E-state index contributed by atoms with van der Waals surface area (Å²) in [7, 11) is 0. The summed E-state index contributed by atoms with van der Waals surface area (Å²) in [5.74, 6) is 0. The van der Waals surface area contributed by atoms with Gasteiger partial charge in [-0.3, -0.25) is 5.32 Å². The highest BCUT2D eigenvalue weighted by atomic mass is 19.4. The Kier molecular flexibility index (Phi) is 3.22. The maximum absolute atomic E-state index is 12.5. The average molecular weight is 231 g/mol. The number of alkyl halides is 3. The lowest BCUT2D eigenvalue weighted by Gasteiger charge is -2.12. The van der Waals surface area contributed by atoms with Gasteiger partial charge in [0.05, 0.1) is 5.56 Å². The van der Waals surface area contributed by atoms with E-state index in [-0.39, 0.29) is 11.3 Å². The fourth-order valence-corrected chi connectivity index (χ4v) is 1.18. The molecular weight excluding hydrogens is 223 g/mol. The van der Waals surface area contributed by atoms with Gasteiger partial charge >= 0.3 is 12.3 Å². The smallest absolute Gasteiger partial charge is 0.417 e. The predicted molar refractivity (Wildman–Crippen MR) is 53.2 cm³/mol. The number of hydrogen-bond acceptors (Lipinski definition) is 1. The molecule has 1 aromatic rings. The Morgan fingerprint density at radius 3 is 2.50 bits per heavy atom. The second-order valence-corrected chi connectivity index (χ2v) is 2.93. The SMILES string of the molecule is C=Cc1ccc(NC(=O)O)cc1C(F)(F)F. The highest BCUT2D eigenvalue weighted by molar-refractivity contribution is 5.83. The van der Waals surface area contributed by atoms with Gasteiger partial charge in [-0.2, -0.15) is 13.2 Å². The van der Waals surface area contributed by atoms with Gasteiger partial charge in [0, 0.05) is 5.69 Å². The lowest BCUT2D eigenvalue weighted by Crippen LogP contribution is -2.11. The molecule has 3 nitrogen and oxygen atoms in total. The quantitative estimate of drug-likeness (QED) is 0.819. The number of benzene rings is 1. The van der Waals surface area contributed by atoms with Crippen molar-refractivity contribution in [2.45, 2.75) is 6.18 Å². The number of carbonyl (C=O) groups is 1. The highest BCUT2D eigenvalue weighted by Gasteiger charge is 2.33. The molecule has 0 saturated heterocycles. The van der Waals surface area contributed by atoms with Gasteiger partial charge in [0.2, 0.25) is 0 Å². The van der Waals surface area contributed by atoms with Crippen LogP contribution in [0.15, 0.2) is 24.8 Å². The molecule has 1 rings (SSSR count). The summed E-state index contributed by atoms with van der Waals surface area (Å²) in [5.41, 5.74) is -1.15. The highest BCUT2D eigenvalue weighted by Crippen LogP contribution is 2.34. The van der Waals surface area contributed by atoms with Crippen LogP contribution in [0, 0.1) is 0 Å². The van der Waals surface area contributed by atoms with Crippen LogP contribution in [0.25, 0.3) is 6.08 Å². The molecule has 0 aromatic heterocycles. The lowest BCUT2D eigenvalue weighted by molar-refractivity contribution is -0.137. The van der Waals surface area contributed by atoms with Crippen LogP contribution in [-0.2, 0) is 6.18 Å². The van der Waals surface area contributed by atoms with Crippen molar-refractivity contribution in [3.05, 3.63) is 35.9 Å². The fourth-order valence-electron chi connectivity index (χ4n) is 1.18. The molecule has 0 spiro atoms. The van der Waals surface area contributed by atoms with E-state index in [2.05, 4.69) is 6.58 Å². The van der Waals surface area contributed by atoms with Gasteiger partial charge in [-0.05, 0) is 17.7 Å². The molecule has 0 aliphatic rings. The van der Waals surface area contributed by atoms with Crippen molar-refractivity contribution in [3.8, 4) is 0 Å². The standard InChI is InChI=1S/C10H8F3NO2/c1-2-6-3-4-7(14-9(15)16)5-8(6)10(11,12)13/h2-5,14H,1H2,(H,15,16). The van der Waals surface area contributed by atoms with E-state index in [1.165, 1.54) is 6.07 Å². The van der Waals surface area contributed by atoms with Crippen LogP contribution >= 0.6 is 0 Å². The number of nitrogens with one attached hydrogen (secondary N) is 1. The van der Waals surface area contributed by atoms with Gasteiger partial charge in [-0.25, -0.2) is 4.79 Å². The van der Waals surface area contributed by atoms with E-state index in [9.17, 15) is 18.0 Å². The summed E-state index contributed by atoms with van der Waals surface area (Å²) in [4.78, 5) is 10.3. The summed E-state index contributed by atoms with van der Waals surface area (Å²) in [6.07, 6.45) is -4.90. The molecular formula is C10H8F3NO2. The third-order valence-electron chi connectivity index (χ3n) is 1.83. The monoisotopic (exact) mass is 231 g/mol. The number of hydrogen-bond donors (Lipinski definition) is 2. The van der Waals surface area contributed by atoms with E-state index in [4.69, 9.17) is 5.11 Å². The third kappa shape index (κ3) is 2.75. The van der Waals surface area contributed by atoms with Crippen LogP contribution in [0.1, 0.15) is 11.1 Å². The molecule has 0 aliphatic heterocycles. The largest absolute Gasteiger partial charge is 0.465 e. The van der Waals surface area contributed by atoms with Gasteiger partial charge in [0.1, 0.15) is 0 Å². The Bertz CT molecular complexity index is 427.